The van der Waals surface area contributed by atoms with E-state index in [1.165, 1.54) is 0 Å². The second-order valence-electron chi connectivity index (χ2n) is 4.87. The van der Waals surface area contributed by atoms with Crippen LogP contribution in [0.15, 0.2) is 30.3 Å². The number of benzene rings is 1. The summed E-state index contributed by atoms with van der Waals surface area (Å²) in [7, 11) is -3.11. The Bertz CT molecular complexity index is 487. The van der Waals surface area contributed by atoms with Crippen molar-refractivity contribution in [1.29, 1.82) is 0 Å². The van der Waals surface area contributed by atoms with Crippen LogP contribution in [0.25, 0.3) is 0 Å². The molecular weight excluding hydrogens is 262 g/mol. The first-order chi connectivity index (χ1) is 9.12. The fourth-order valence-electron chi connectivity index (χ4n) is 2.33. The zero-order valence-electron chi connectivity index (χ0n) is 11.3. The molecule has 2 rings (SSSR count). The summed E-state index contributed by atoms with van der Waals surface area (Å²) in [4.78, 5) is 0. The molecule has 1 saturated heterocycles. The van der Waals surface area contributed by atoms with Crippen molar-refractivity contribution in [2.24, 2.45) is 0 Å². The Morgan fingerprint density at radius 1 is 1.32 bits per heavy atom. The van der Waals surface area contributed by atoms with Crippen molar-refractivity contribution in [3.05, 3.63) is 30.3 Å². The lowest BCUT2D eigenvalue weighted by molar-refractivity contribution is 0.130. The number of ether oxygens (including phenoxy) is 1. The lowest BCUT2D eigenvalue weighted by Crippen LogP contribution is -2.45. The average Bonchev–Trinajstić information content (AvgIpc) is 2.40. The highest BCUT2D eigenvalue weighted by Gasteiger charge is 2.29. The third-order valence-corrected chi connectivity index (χ3v) is 5.28. The standard InChI is InChI=1S/C14H21NO3S/c1-2-11-19(16,17)15-10-6-9-14(12-15)18-13-7-4-3-5-8-13/h3-5,7-8,14H,2,6,9-12H2,1H3. The van der Waals surface area contributed by atoms with E-state index in [4.69, 9.17) is 4.74 Å². The van der Waals surface area contributed by atoms with Gasteiger partial charge in [0.15, 0.2) is 0 Å². The van der Waals surface area contributed by atoms with Crippen LogP contribution in [0.5, 0.6) is 5.75 Å². The second-order valence-corrected chi connectivity index (χ2v) is 6.96. The Morgan fingerprint density at radius 2 is 2.05 bits per heavy atom. The van der Waals surface area contributed by atoms with Gasteiger partial charge in [-0.2, -0.15) is 4.31 Å². The zero-order valence-corrected chi connectivity index (χ0v) is 12.1. The molecule has 1 aromatic carbocycles. The first-order valence-electron chi connectivity index (χ1n) is 6.81. The lowest BCUT2D eigenvalue weighted by atomic mass is 10.1. The first-order valence-corrected chi connectivity index (χ1v) is 8.42. The van der Waals surface area contributed by atoms with E-state index in [0.29, 0.717) is 19.5 Å². The maximum atomic E-state index is 12.1. The molecule has 1 unspecified atom stereocenters. The van der Waals surface area contributed by atoms with Crippen LogP contribution in [0.2, 0.25) is 0 Å². The van der Waals surface area contributed by atoms with Crippen LogP contribution in [0.3, 0.4) is 0 Å². The van der Waals surface area contributed by atoms with Crippen LogP contribution >= 0.6 is 0 Å². The van der Waals surface area contributed by atoms with E-state index in [0.717, 1.165) is 18.6 Å². The number of sulfonamides is 1. The quantitative estimate of drug-likeness (QED) is 0.833. The largest absolute Gasteiger partial charge is 0.489 e. The van der Waals surface area contributed by atoms with E-state index >= 15 is 0 Å². The van der Waals surface area contributed by atoms with E-state index in [1.54, 1.807) is 4.31 Å². The van der Waals surface area contributed by atoms with Crippen molar-refractivity contribution < 1.29 is 13.2 Å². The summed E-state index contributed by atoms with van der Waals surface area (Å²) >= 11 is 0. The molecule has 19 heavy (non-hydrogen) atoms. The number of rotatable bonds is 5. The summed E-state index contributed by atoms with van der Waals surface area (Å²) in [5.41, 5.74) is 0. The summed E-state index contributed by atoms with van der Waals surface area (Å²) in [6.07, 6.45) is 2.39. The number of para-hydroxylation sites is 1. The molecule has 0 aromatic heterocycles. The second kappa shape index (κ2) is 6.39. The minimum absolute atomic E-state index is 0.0391. The zero-order chi connectivity index (χ0) is 13.7. The molecule has 106 valence electrons. The highest BCUT2D eigenvalue weighted by Crippen LogP contribution is 2.20. The van der Waals surface area contributed by atoms with Crippen molar-refractivity contribution in [3.63, 3.8) is 0 Å². The van der Waals surface area contributed by atoms with Gasteiger partial charge in [0.1, 0.15) is 11.9 Å². The van der Waals surface area contributed by atoms with Crippen molar-refractivity contribution in [2.45, 2.75) is 32.3 Å². The third kappa shape index (κ3) is 3.94. The molecule has 0 N–H and O–H groups in total. The van der Waals surface area contributed by atoms with Gasteiger partial charge in [-0.3, -0.25) is 0 Å². The molecule has 0 spiro atoms. The van der Waals surface area contributed by atoms with Crippen LogP contribution in [0.1, 0.15) is 26.2 Å². The molecule has 1 aliphatic rings. The molecule has 1 aromatic rings. The summed E-state index contributed by atoms with van der Waals surface area (Å²) < 4.78 is 31.5. The maximum Gasteiger partial charge on any atom is 0.214 e. The number of piperidine rings is 1. The Labute approximate surface area is 115 Å². The van der Waals surface area contributed by atoms with Gasteiger partial charge in [0.05, 0.1) is 12.3 Å². The average molecular weight is 283 g/mol. The molecule has 1 aliphatic heterocycles. The molecule has 1 atom stereocenters. The Kier molecular flexibility index (Phi) is 4.82. The van der Waals surface area contributed by atoms with Gasteiger partial charge in [-0.1, -0.05) is 25.1 Å². The molecule has 0 radical (unpaired) electrons. The Hall–Kier alpha value is -1.07. The van der Waals surface area contributed by atoms with Crippen molar-refractivity contribution in [1.82, 2.24) is 4.31 Å². The van der Waals surface area contributed by atoms with Crippen molar-refractivity contribution >= 4 is 10.0 Å². The summed E-state index contributed by atoms with van der Waals surface area (Å²) in [6.45, 7) is 2.98. The highest BCUT2D eigenvalue weighted by atomic mass is 32.2. The molecule has 0 aliphatic carbocycles. The smallest absolute Gasteiger partial charge is 0.214 e. The summed E-state index contributed by atoms with van der Waals surface area (Å²) in [6, 6.07) is 9.58. The number of hydrogen-bond donors (Lipinski definition) is 0. The van der Waals surface area contributed by atoms with Gasteiger partial charge in [-0.05, 0) is 31.4 Å². The van der Waals surface area contributed by atoms with Gasteiger partial charge in [0.25, 0.3) is 0 Å². The monoisotopic (exact) mass is 283 g/mol. The van der Waals surface area contributed by atoms with Gasteiger partial charge in [-0.15, -0.1) is 0 Å². The normalized spacial score (nSPS) is 21.2. The molecule has 0 saturated carbocycles. The van der Waals surface area contributed by atoms with Gasteiger partial charge >= 0.3 is 0 Å². The van der Waals surface area contributed by atoms with Crippen LogP contribution in [0, 0.1) is 0 Å². The molecule has 1 heterocycles. The number of nitrogens with zero attached hydrogens (tertiary/aromatic N) is 1. The predicted octanol–water partition coefficient (Wildman–Crippen LogP) is 2.27. The predicted molar refractivity (Wildman–Crippen MR) is 75.7 cm³/mol. The van der Waals surface area contributed by atoms with Gasteiger partial charge in [0, 0.05) is 6.54 Å². The third-order valence-electron chi connectivity index (χ3n) is 3.24. The fourth-order valence-corrected chi connectivity index (χ4v) is 3.91. The Morgan fingerprint density at radius 3 is 2.74 bits per heavy atom. The molecular formula is C14H21NO3S. The van der Waals surface area contributed by atoms with E-state index in [1.807, 2.05) is 37.3 Å². The van der Waals surface area contributed by atoms with Crippen LogP contribution in [-0.2, 0) is 10.0 Å². The van der Waals surface area contributed by atoms with Gasteiger partial charge < -0.3 is 4.74 Å². The van der Waals surface area contributed by atoms with Crippen molar-refractivity contribution in [2.75, 3.05) is 18.8 Å². The summed E-state index contributed by atoms with van der Waals surface area (Å²) in [5.74, 6) is 1.03. The molecule has 5 heteroatoms. The fraction of sp³-hybridized carbons (Fsp3) is 0.571. The van der Waals surface area contributed by atoms with E-state index in [-0.39, 0.29) is 11.9 Å². The maximum absolute atomic E-state index is 12.1. The minimum Gasteiger partial charge on any atom is -0.489 e. The number of hydrogen-bond acceptors (Lipinski definition) is 3. The van der Waals surface area contributed by atoms with E-state index in [9.17, 15) is 8.42 Å². The van der Waals surface area contributed by atoms with E-state index < -0.39 is 10.0 Å². The SMILES string of the molecule is CCCS(=O)(=O)N1CCCC(Oc2ccccc2)C1. The summed E-state index contributed by atoms with van der Waals surface area (Å²) in [5, 5.41) is 0. The molecule has 0 amide bonds. The van der Waals surface area contributed by atoms with E-state index in [2.05, 4.69) is 0 Å². The highest BCUT2D eigenvalue weighted by molar-refractivity contribution is 7.89. The van der Waals surface area contributed by atoms with Gasteiger partial charge in [0.2, 0.25) is 10.0 Å². The van der Waals surface area contributed by atoms with Crippen molar-refractivity contribution in [3.8, 4) is 5.75 Å². The van der Waals surface area contributed by atoms with Crippen LogP contribution in [-0.4, -0.2) is 37.7 Å². The first kappa shape index (κ1) is 14.3. The Balaban J connectivity index is 1.98. The van der Waals surface area contributed by atoms with Crippen LogP contribution in [0.4, 0.5) is 0 Å². The van der Waals surface area contributed by atoms with Gasteiger partial charge in [-0.25, -0.2) is 8.42 Å². The minimum atomic E-state index is -3.11. The topological polar surface area (TPSA) is 46.6 Å². The molecule has 0 bridgehead atoms. The molecule has 4 nitrogen and oxygen atoms in total. The molecule has 1 fully saturated rings. The lowest BCUT2D eigenvalue weighted by Gasteiger charge is -2.32. The van der Waals surface area contributed by atoms with Crippen LogP contribution < -0.4 is 4.74 Å².